The molecule has 0 saturated heterocycles. The Balaban J connectivity index is 2.21. The molecule has 0 heterocycles. The second-order valence-corrected chi connectivity index (χ2v) is 5.45. The molecule has 1 N–H and O–H groups in total. The minimum atomic E-state index is 0.607. The fourth-order valence-electron chi connectivity index (χ4n) is 2.35. The molecular weight excluding hydrogens is 246 g/mol. The number of unbranched alkanes of at least 4 members (excludes halogenated alkanes) is 3. The van der Waals surface area contributed by atoms with Gasteiger partial charge in [-0.1, -0.05) is 57.7 Å². The lowest BCUT2D eigenvalue weighted by Gasteiger charge is -2.18. The molecular formula is C18H31NO. The summed E-state index contributed by atoms with van der Waals surface area (Å²) < 4.78 is 5.80. The van der Waals surface area contributed by atoms with Gasteiger partial charge in [-0.2, -0.15) is 0 Å². The van der Waals surface area contributed by atoms with Crippen LogP contribution in [0.2, 0.25) is 0 Å². The summed E-state index contributed by atoms with van der Waals surface area (Å²) in [6.45, 7) is 6.41. The van der Waals surface area contributed by atoms with Crippen LogP contribution in [0.15, 0.2) is 30.3 Å². The molecule has 0 fully saturated rings. The van der Waals surface area contributed by atoms with Gasteiger partial charge in [0.25, 0.3) is 0 Å². The summed E-state index contributed by atoms with van der Waals surface area (Å²) in [5, 5.41) is 3.65. The fourth-order valence-corrected chi connectivity index (χ4v) is 2.35. The van der Waals surface area contributed by atoms with Gasteiger partial charge in [0.2, 0.25) is 0 Å². The zero-order valence-electron chi connectivity index (χ0n) is 13.2. The molecule has 0 aliphatic heterocycles. The summed E-state index contributed by atoms with van der Waals surface area (Å²) in [7, 11) is 0. The monoisotopic (exact) mass is 277 g/mol. The first-order valence-electron chi connectivity index (χ1n) is 8.28. The van der Waals surface area contributed by atoms with Gasteiger partial charge in [-0.25, -0.2) is 0 Å². The molecule has 2 nitrogen and oxygen atoms in total. The molecule has 20 heavy (non-hydrogen) atoms. The molecule has 1 rings (SSSR count). The van der Waals surface area contributed by atoms with Gasteiger partial charge in [0, 0.05) is 6.04 Å². The van der Waals surface area contributed by atoms with Crippen molar-refractivity contribution in [3.63, 3.8) is 0 Å². The van der Waals surface area contributed by atoms with Crippen molar-refractivity contribution in [3.05, 3.63) is 30.3 Å². The van der Waals surface area contributed by atoms with Crippen molar-refractivity contribution in [2.45, 2.75) is 64.8 Å². The molecule has 1 atom stereocenters. The Bertz CT molecular complexity index is 312. The molecule has 0 spiro atoms. The standard InChI is InChI=1S/C18H31NO/c1-3-5-6-8-11-17(19-15-4-2)14-16-20-18-12-9-7-10-13-18/h7,9-10,12-13,17,19H,3-6,8,11,14-16H2,1-2H3. The third-order valence-electron chi connectivity index (χ3n) is 3.57. The van der Waals surface area contributed by atoms with Gasteiger partial charge in [-0.3, -0.25) is 0 Å². The van der Waals surface area contributed by atoms with E-state index in [2.05, 4.69) is 19.2 Å². The summed E-state index contributed by atoms with van der Waals surface area (Å²) in [6, 6.07) is 10.7. The van der Waals surface area contributed by atoms with Gasteiger partial charge in [0.1, 0.15) is 5.75 Å². The van der Waals surface area contributed by atoms with Crippen LogP contribution in [0, 0.1) is 0 Å². The molecule has 114 valence electrons. The Hall–Kier alpha value is -1.02. The van der Waals surface area contributed by atoms with Crippen molar-refractivity contribution >= 4 is 0 Å². The number of hydrogen-bond donors (Lipinski definition) is 1. The Morgan fingerprint density at radius 2 is 1.75 bits per heavy atom. The van der Waals surface area contributed by atoms with Gasteiger partial charge >= 0.3 is 0 Å². The van der Waals surface area contributed by atoms with Gasteiger partial charge in [0.05, 0.1) is 6.61 Å². The van der Waals surface area contributed by atoms with Crippen LogP contribution in [0.25, 0.3) is 0 Å². The van der Waals surface area contributed by atoms with Crippen molar-refractivity contribution in [1.82, 2.24) is 5.32 Å². The Morgan fingerprint density at radius 1 is 0.950 bits per heavy atom. The zero-order chi connectivity index (χ0) is 14.5. The Kier molecular flexibility index (Phi) is 10.0. The van der Waals surface area contributed by atoms with E-state index in [4.69, 9.17) is 4.74 Å². The number of para-hydroxylation sites is 1. The number of nitrogens with one attached hydrogen (secondary N) is 1. The predicted octanol–water partition coefficient (Wildman–Crippen LogP) is 4.79. The van der Waals surface area contributed by atoms with Crippen LogP contribution in [0.5, 0.6) is 5.75 Å². The van der Waals surface area contributed by atoms with E-state index in [9.17, 15) is 0 Å². The summed E-state index contributed by atoms with van der Waals surface area (Å²) in [5.74, 6) is 0.979. The molecule has 1 aromatic rings. The normalized spacial score (nSPS) is 12.3. The van der Waals surface area contributed by atoms with Crippen LogP contribution in [0.4, 0.5) is 0 Å². The molecule has 0 bridgehead atoms. The highest BCUT2D eigenvalue weighted by Gasteiger charge is 2.07. The van der Waals surface area contributed by atoms with E-state index in [-0.39, 0.29) is 0 Å². The quantitative estimate of drug-likeness (QED) is 0.554. The molecule has 1 aromatic carbocycles. The van der Waals surface area contributed by atoms with Crippen LogP contribution < -0.4 is 10.1 Å². The number of hydrogen-bond acceptors (Lipinski definition) is 2. The fraction of sp³-hybridized carbons (Fsp3) is 0.667. The molecule has 1 unspecified atom stereocenters. The smallest absolute Gasteiger partial charge is 0.119 e. The van der Waals surface area contributed by atoms with E-state index in [0.29, 0.717) is 6.04 Å². The maximum atomic E-state index is 5.80. The first-order chi connectivity index (χ1) is 9.86. The number of rotatable bonds is 12. The zero-order valence-corrected chi connectivity index (χ0v) is 13.2. The Morgan fingerprint density at radius 3 is 2.45 bits per heavy atom. The maximum Gasteiger partial charge on any atom is 0.119 e. The third kappa shape index (κ3) is 8.21. The molecule has 2 heteroatoms. The lowest BCUT2D eigenvalue weighted by atomic mass is 10.0. The number of benzene rings is 1. The van der Waals surface area contributed by atoms with Crippen molar-refractivity contribution in [2.24, 2.45) is 0 Å². The predicted molar refractivity (Wildman–Crippen MR) is 87.4 cm³/mol. The van der Waals surface area contributed by atoms with Gasteiger partial charge in [-0.15, -0.1) is 0 Å². The first-order valence-corrected chi connectivity index (χ1v) is 8.28. The SMILES string of the molecule is CCCCCCC(CCOc1ccccc1)NCCC. The van der Waals surface area contributed by atoms with Gasteiger partial charge < -0.3 is 10.1 Å². The first kappa shape index (κ1) is 17.0. The lowest BCUT2D eigenvalue weighted by molar-refractivity contribution is 0.278. The molecule has 0 saturated carbocycles. The number of ether oxygens (including phenoxy) is 1. The molecule has 0 amide bonds. The van der Waals surface area contributed by atoms with E-state index < -0.39 is 0 Å². The van der Waals surface area contributed by atoms with Gasteiger partial charge in [-0.05, 0) is 37.9 Å². The van der Waals surface area contributed by atoms with Crippen LogP contribution in [-0.4, -0.2) is 19.2 Å². The molecule has 0 radical (unpaired) electrons. The van der Waals surface area contributed by atoms with Crippen molar-refractivity contribution in [3.8, 4) is 5.75 Å². The molecule has 0 aliphatic carbocycles. The van der Waals surface area contributed by atoms with Crippen molar-refractivity contribution in [1.29, 1.82) is 0 Å². The third-order valence-corrected chi connectivity index (χ3v) is 3.57. The van der Waals surface area contributed by atoms with E-state index in [1.54, 1.807) is 0 Å². The van der Waals surface area contributed by atoms with Crippen molar-refractivity contribution < 1.29 is 4.74 Å². The highest BCUT2D eigenvalue weighted by molar-refractivity contribution is 5.20. The van der Waals surface area contributed by atoms with Gasteiger partial charge in [0.15, 0.2) is 0 Å². The van der Waals surface area contributed by atoms with Crippen LogP contribution in [0.3, 0.4) is 0 Å². The van der Waals surface area contributed by atoms with E-state index >= 15 is 0 Å². The highest BCUT2D eigenvalue weighted by Crippen LogP contribution is 2.11. The van der Waals surface area contributed by atoms with E-state index in [0.717, 1.165) is 25.3 Å². The van der Waals surface area contributed by atoms with Crippen LogP contribution >= 0.6 is 0 Å². The summed E-state index contributed by atoms with van der Waals surface area (Å²) in [5.41, 5.74) is 0. The second-order valence-electron chi connectivity index (χ2n) is 5.45. The topological polar surface area (TPSA) is 21.3 Å². The summed E-state index contributed by atoms with van der Waals surface area (Å²) in [4.78, 5) is 0. The summed E-state index contributed by atoms with van der Waals surface area (Å²) >= 11 is 0. The molecule has 0 aliphatic rings. The minimum Gasteiger partial charge on any atom is -0.494 e. The maximum absolute atomic E-state index is 5.80. The lowest BCUT2D eigenvalue weighted by Crippen LogP contribution is -2.31. The van der Waals surface area contributed by atoms with Crippen LogP contribution in [0.1, 0.15) is 58.8 Å². The average Bonchev–Trinajstić information content (AvgIpc) is 2.49. The van der Waals surface area contributed by atoms with E-state index in [1.165, 1.54) is 38.5 Å². The molecule has 0 aromatic heterocycles. The Labute approximate surface area is 124 Å². The second kappa shape index (κ2) is 11.8. The minimum absolute atomic E-state index is 0.607. The largest absolute Gasteiger partial charge is 0.494 e. The van der Waals surface area contributed by atoms with Crippen LogP contribution in [-0.2, 0) is 0 Å². The van der Waals surface area contributed by atoms with E-state index in [1.807, 2.05) is 30.3 Å². The van der Waals surface area contributed by atoms with Crippen molar-refractivity contribution in [2.75, 3.05) is 13.2 Å². The highest BCUT2D eigenvalue weighted by atomic mass is 16.5. The average molecular weight is 277 g/mol. The summed E-state index contributed by atoms with van der Waals surface area (Å²) in [6.07, 6.45) is 8.94.